The lowest BCUT2D eigenvalue weighted by atomic mass is 9.98. The second-order valence-electron chi connectivity index (χ2n) is 6.31. The van der Waals surface area contributed by atoms with Gasteiger partial charge in [0.05, 0.1) is 6.42 Å². The van der Waals surface area contributed by atoms with E-state index < -0.39 is 0 Å². The standard InChI is InChI=1S/C17H24N2O/c1-2-12-3-5-13(6-4-12)9-17(20)19-10-14-7-8-16(18)15(14)11-19/h3-6,14-16H,2,7-11,18H2,1H3. The summed E-state index contributed by atoms with van der Waals surface area (Å²) in [7, 11) is 0. The van der Waals surface area contributed by atoms with Gasteiger partial charge in [0, 0.05) is 19.1 Å². The minimum absolute atomic E-state index is 0.260. The average Bonchev–Trinajstić information content (AvgIpc) is 3.02. The monoisotopic (exact) mass is 272 g/mol. The maximum absolute atomic E-state index is 12.4. The largest absolute Gasteiger partial charge is 0.342 e. The van der Waals surface area contributed by atoms with Crippen molar-refractivity contribution in [3.05, 3.63) is 35.4 Å². The summed E-state index contributed by atoms with van der Waals surface area (Å²) in [5, 5.41) is 0. The van der Waals surface area contributed by atoms with Crippen LogP contribution < -0.4 is 5.73 Å². The van der Waals surface area contributed by atoms with E-state index in [0.29, 0.717) is 24.3 Å². The van der Waals surface area contributed by atoms with Gasteiger partial charge in [-0.1, -0.05) is 31.2 Å². The molecule has 1 aliphatic carbocycles. The van der Waals surface area contributed by atoms with Crippen molar-refractivity contribution in [1.29, 1.82) is 0 Å². The van der Waals surface area contributed by atoms with Crippen molar-refractivity contribution in [3.8, 4) is 0 Å². The molecule has 3 nitrogen and oxygen atoms in total. The fourth-order valence-electron chi connectivity index (χ4n) is 3.69. The number of aryl methyl sites for hydroxylation is 1. The van der Waals surface area contributed by atoms with Gasteiger partial charge < -0.3 is 10.6 Å². The molecule has 20 heavy (non-hydrogen) atoms. The lowest BCUT2D eigenvalue weighted by Crippen LogP contribution is -2.34. The van der Waals surface area contributed by atoms with Crippen LogP contribution in [0.15, 0.2) is 24.3 Å². The summed E-state index contributed by atoms with van der Waals surface area (Å²) in [6, 6.07) is 8.72. The van der Waals surface area contributed by atoms with Crippen LogP contribution in [-0.4, -0.2) is 29.9 Å². The number of fused-ring (bicyclic) bond motifs is 1. The highest BCUT2D eigenvalue weighted by molar-refractivity contribution is 5.79. The molecular weight excluding hydrogens is 248 g/mol. The van der Waals surface area contributed by atoms with Gasteiger partial charge in [-0.3, -0.25) is 4.79 Å². The summed E-state index contributed by atoms with van der Waals surface area (Å²) in [4.78, 5) is 14.4. The normalized spacial score (nSPS) is 28.7. The van der Waals surface area contributed by atoms with Gasteiger partial charge >= 0.3 is 0 Å². The molecule has 3 unspecified atom stereocenters. The summed E-state index contributed by atoms with van der Waals surface area (Å²) < 4.78 is 0. The minimum Gasteiger partial charge on any atom is -0.342 e. The van der Waals surface area contributed by atoms with E-state index in [0.717, 1.165) is 31.5 Å². The highest BCUT2D eigenvalue weighted by Crippen LogP contribution is 2.37. The van der Waals surface area contributed by atoms with Crippen molar-refractivity contribution in [1.82, 2.24) is 4.90 Å². The van der Waals surface area contributed by atoms with Gasteiger partial charge in [-0.05, 0) is 42.2 Å². The third kappa shape index (κ3) is 2.59. The zero-order valence-electron chi connectivity index (χ0n) is 12.2. The van der Waals surface area contributed by atoms with Crippen molar-refractivity contribution < 1.29 is 4.79 Å². The highest BCUT2D eigenvalue weighted by atomic mass is 16.2. The smallest absolute Gasteiger partial charge is 0.227 e. The van der Waals surface area contributed by atoms with Crippen molar-refractivity contribution in [2.75, 3.05) is 13.1 Å². The van der Waals surface area contributed by atoms with E-state index in [2.05, 4.69) is 31.2 Å². The predicted octanol–water partition coefficient (Wildman–Crippen LogP) is 1.99. The molecule has 1 aromatic rings. The summed E-state index contributed by atoms with van der Waals surface area (Å²) in [5.74, 6) is 1.45. The number of nitrogens with zero attached hydrogens (tertiary/aromatic N) is 1. The Morgan fingerprint density at radius 2 is 1.90 bits per heavy atom. The second-order valence-corrected chi connectivity index (χ2v) is 6.31. The molecule has 3 rings (SSSR count). The maximum atomic E-state index is 12.4. The lowest BCUT2D eigenvalue weighted by Gasteiger charge is -2.19. The van der Waals surface area contributed by atoms with Gasteiger partial charge in [-0.15, -0.1) is 0 Å². The Balaban J connectivity index is 1.59. The molecule has 1 amide bonds. The third-order valence-corrected chi connectivity index (χ3v) is 5.05. The number of carbonyl (C=O) groups excluding carboxylic acids is 1. The first kappa shape index (κ1) is 13.6. The number of hydrogen-bond donors (Lipinski definition) is 1. The Morgan fingerprint density at radius 3 is 2.55 bits per heavy atom. The number of amides is 1. The third-order valence-electron chi connectivity index (χ3n) is 5.05. The molecule has 1 saturated heterocycles. The van der Waals surface area contributed by atoms with Crippen LogP contribution in [0.2, 0.25) is 0 Å². The Labute approximate surface area is 121 Å². The number of nitrogens with two attached hydrogens (primary N) is 1. The molecular formula is C17H24N2O. The van der Waals surface area contributed by atoms with Crippen LogP contribution in [0.4, 0.5) is 0 Å². The average molecular weight is 272 g/mol. The molecule has 3 atom stereocenters. The van der Waals surface area contributed by atoms with Crippen LogP contribution in [0.25, 0.3) is 0 Å². The van der Waals surface area contributed by atoms with Crippen LogP contribution in [0.3, 0.4) is 0 Å². The van der Waals surface area contributed by atoms with E-state index in [4.69, 9.17) is 5.73 Å². The van der Waals surface area contributed by atoms with Crippen molar-refractivity contribution >= 4 is 5.91 Å². The Morgan fingerprint density at radius 1 is 1.20 bits per heavy atom. The molecule has 0 spiro atoms. The molecule has 0 bridgehead atoms. The maximum Gasteiger partial charge on any atom is 0.227 e. The fourth-order valence-corrected chi connectivity index (χ4v) is 3.69. The van der Waals surface area contributed by atoms with Crippen LogP contribution in [0.1, 0.15) is 30.9 Å². The summed E-state index contributed by atoms with van der Waals surface area (Å²) in [5.41, 5.74) is 8.57. The van der Waals surface area contributed by atoms with Gasteiger partial charge in [-0.25, -0.2) is 0 Å². The SMILES string of the molecule is CCc1ccc(CC(=O)N2CC3CCC(N)C3C2)cc1. The van der Waals surface area contributed by atoms with E-state index in [9.17, 15) is 4.79 Å². The van der Waals surface area contributed by atoms with E-state index in [-0.39, 0.29) is 5.91 Å². The van der Waals surface area contributed by atoms with Gasteiger partial charge in [0.15, 0.2) is 0 Å². The zero-order chi connectivity index (χ0) is 14.1. The van der Waals surface area contributed by atoms with Gasteiger partial charge in [0.2, 0.25) is 5.91 Å². The van der Waals surface area contributed by atoms with Crippen molar-refractivity contribution in [3.63, 3.8) is 0 Å². The van der Waals surface area contributed by atoms with Crippen LogP contribution in [0, 0.1) is 11.8 Å². The van der Waals surface area contributed by atoms with Gasteiger partial charge in [0.25, 0.3) is 0 Å². The molecule has 1 aromatic carbocycles. The fraction of sp³-hybridized carbons (Fsp3) is 0.588. The first-order valence-corrected chi connectivity index (χ1v) is 7.78. The van der Waals surface area contributed by atoms with E-state index >= 15 is 0 Å². The first-order valence-electron chi connectivity index (χ1n) is 7.78. The topological polar surface area (TPSA) is 46.3 Å². The number of hydrogen-bond acceptors (Lipinski definition) is 2. The van der Waals surface area contributed by atoms with E-state index in [1.54, 1.807) is 0 Å². The molecule has 1 saturated carbocycles. The quantitative estimate of drug-likeness (QED) is 0.914. The first-order chi connectivity index (χ1) is 9.67. The van der Waals surface area contributed by atoms with Gasteiger partial charge in [0.1, 0.15) is 0 Å². The molecule has 2 N–H and O–H groups in total. The van der Waals surface area contributed by atoms with Crippen LogP contribution >= 0.6 is 0 Å². The van der Waals surface area contributed by atoms with E-state index in [1.807, 2.05) is 4.90 Å². The molecule has 3 heteroatoms. The zero-order valence-corrected chi connectivity index (χ0v) is 12.2. The van der Waals surface area contributed by atoms with Crippen molar-refractivity contribution in [2.24, 2.45) is 17.6 Å². The number of rotatable bonds is 3. The molecule has 1 aliphatic heterocycles. The van der Waals surface area contributed by atoms with Gasteiger partial charge in [-0.2, -0.15) is 0 Å². The van der Waals surface area contributed by atoms with Crippen LogP contribution in [-0.2, 0) is 17.6 Å². The minimum atomic E-state index is 0.260. The highest BCUT2D eigenvalue weighted by Gasteiger charge is 2.42. The van der Waals surface area contributed by atoms with Crippen molar-refractivity contribution in [2.45, 2.75) is 38.6 Å². The number of likely N-dealkylation sites (tertiary alicyclic amines) is 1. The molecule has 2 aliphatic rings. The second kappa shape index (κ2) is 5.57. The molecule has 1 heterocycles. The molecule has 0 aromatic heterocycles. The molecule has 0 radical (unpaired) electrons. The Hall–Kier alpha value is -1.35. The van der Waals surface area contributed by atoms with Crippen LogP contribution in [0.5, 0.6) is 0 Å². The Bertz CT molecular complexity index is 482. The Kier molecular flexibility index (Phi) is 3.79. The van der Waals surface area contributed by atoms with E-state index in [1.165, 1.54) is 12.0 Å². The summed E-state index contributed by atoms with van der Waals surface area (Å²) >= 11 is 0. The number of benzene rings is 1. The predicted molar refractivity (Wildman–Crippen MR) is 80.3 cm³/mol. The molecule has 108 valence electrons. The summed E-state index contributed by atoms with van der Waals surface area (Å²) in [6.07, 6.45) is 3.90. The number of carbonyl (C=O) groups is 1. The molecule has 2 fully saturated rings. The lowest BCUT2D eigenvalue weighted by molar-refractivity contribution is -0.129. The summed E-state index contributed by atoms with van der Waals surface area (Å²) in [6.45, 7) is 3.94.